The van der Waals surface area contributed by atoms with Crippen LogP contribution in [0, 0.1) is 11.8 Å². The molecule has 17 heavy (non-hydrogen) atoms. The van der Waals surface area contributed by atoms with E-state index in [1.165, 1.54) is 25.7 Å². The number of esters is 1. The van der Waals surface area contributed by atoms with E-state index in [0.29, 0.717) is 11.8 Å². The van der Waals surface area contributed by atoms with Crippen molar-refractivity contribution >= 4 is 18.4 Å². The van der Waals surface area contributed by atoms with Gasteiger partial charge in [0, 0.05) is 0 Å². The molecule has 1 aliphatic carbocycles. The molecule has 1 N–H and O–H groups in total. The number of carbonyl (C=O) groups excluding carboxylic acids is 1. The molecule has 4 heteroatoms. The van der Waals surface area contributed by atoms with E-state index in [0.717, 1.165) is 6.54 Å². The van der Waals surface area contributed by atoms with Crippen molar-refractivity contribution in [3.05, 3.63) is 0 Å². The summed E-state index contributed by atoms with van der Waals surface area (Å²) in [6.45, 7) is 6.78. The van der Waals surface area contributed by atoms with Crippen molar-refractivity contribution in [1.82, 2.24) is 5.32 Å². The molecule has 0 radical (unpaired) electrons. The smallest absolute Gasteiger partial charge is 0.323 e. The highest BCUT2D eigenvalue weighted by Gasteiger charge is 2.42. The van der Waals surface area contributed by atoms with E-state index in [9.17, 15) is 4.79 Å². The number of rotatable bonds is 1. The summed E-state index contributed by atoms with van der Waals surface area (Å²) in [4.78, 5) is 12.0. The first kappa shape index (κ1) is 14.8. The van der Waals surface area contributed by atoms with Gasteiger partial charge in [-0.1, -0.05) is 12.8 Å². The Morgan fingerprint density at radius 2 is 1.88 bits per heavy atom. The molecule has 0 amide bonds. The van der Waals surface area contributed by atoms with Crippen LogP contribution in [0.1, 0.15) is 46.5 Å². The van der Waals surface area contributed by atoms with Crippen molar-refractivity contribution in [2.75, 3.05) is 6.54 Å². The Hall–Kier alpha value is -0.280. The SMILES string of the molecule is CC(C)(C)OC(=O)C1NCC2CCCCC21.Cl. The van der Waals surface area contributed by atoms with Crippen molar-refractivity contribution < 1.29 is 9.53 Å². The summed E-state index contributed by atoms with van der Waals surface area (Å²) in [5.41, 5.74) is -0.370. The van der Waals surface area contributed by atoms with Crippen molar-refractivity contribution in [2.45, 2.75) is 58.1 Å². The van der Waals surface area contributed by atoms with Crippen LogP contribution in [0.25, 0.3) is 0 Å². The molecule has 100 valence electrons. The average Bonchev–Trinajstić information content (AvgIpc) is 2.58. The van der Waals surface area contributed by atoms with Crippen LogP contribution >= 0.6 is 12.4 Å². The van der Waals surface area contributed by atoms with Gasteiger partial charge in [0.05, 0.1) is 0 Å². The fourth-order valence-corrected chi connectivity index (χ4v) is 2.98. The molecule has 0 aromatic heterocycles. The minimum absolute atomic E-state index is 0. The van der Waals surface area contributed by atoms with Gasteiger partial charge in [-0.3, -0.25) is 4.79 Å². The maximum atomic E-state index is 12.0. The Kier molecular flexibility index (Phi) is 4.85. The molecule has 1 aliphatic heterocycles. The fraction of sp³-hybridized carbons (Fsp3) is 0.923. The Bertz CT molecular complexity index is 275. The molecular weight excluding hydrogens is 238 g/mol. The van der Waals surface area contributed by atoms with Crippen LogP contribution in [0.3, 0.4) is 0 Å². The Morgan fingerprint density at radius 3 is 2.53 bits per heavy atom. The molecule has 2 fully saturated rings. The predicted molar refractivity (Wildman–Crippen MR) is 70.3 cm³/mol. The Labute approximate surface area is 110 Å². The molecule has 1 saturated carbocycles. The summed E-state index contributed by atoms with van der Waals surface area (Å²) in [5.74, 6) is 1.16. The van der Waals surface area contributed by atoms with Crippen molar-refractivity contribution in [1.29, 1.82) is 0 Å². The summed E-state index contributed by atoms with van der Waals surface area (Å²) in [7, 11) is 0. The van der Waals surface area contributed by atoms with Gasteiger partial charge in [0.25, 0.3) is 0 Å². The molecular formula is C13H24ClNO2. The average molecular weight is 262 g/mol. The summed E-state index contributed by atoms with van der Waals surface area (Å²) < 4.78 is 5.47. The third-order valence-electron chi connectivity index (χ3n) is 3.66. The monoisotopic (exact) mass is 261 g/mol. The first-order valence-corrected chi connectivity index (χ1v) is 6.43. The Balaban J connectivity index is 0.00000144. The fourth-order valence-electron chi connectivity index (χ4n) is 2.98. The molecule has 3 unspecified atom stereocenters. The second-order valence-electron chi connectivity index (χ2n) is 6.13. The summed E-state index contributed by atoms with van der Waals surface area (Å²) in [5, 5.41) is 3.35. The molecule has 0 spiro atoms. The lowest BCUT2D eigenvalue weighted by Crippen LogP contribution is -2.41. The van der Waals surface area contributed by atoms with Gasteiger partial charge >= 0.3 is 5.97 Å². The van der Waals surface area contributed by atoms with Crippen LogP contribution in [-0.4, -0.2) is 24.2 Å². The highest BCUT2D eigenvalue weighted by molar-refractivity contribution is 5.85. The standard InChI is InChI=1S/C13H23NO2.ClH/c1-13(2,3)16-12(15)11-10-7-5-4-6-9(10)8-14-11;/h9-11,14H,4-8H2,1-3H3;1H. The third kappa shape index (κ3) is 3.59. The van der Waals surface area contributed by atoms with E-state index in [1.807, 2.05) is 20.8 Å². The molecule has 1 saturated heterocycles. The first-order chi connectivity index (χ1) is 7.47. The van der Waals surface area contributed by atoms with E-state index in [4.69, 9.17) is 4.74 Å². The summed E-state index contributed by atoms with van der Waals surface area (Å²) in [6.07, 6.45) is 5.05. The number of halogens is 1. The van der Waals surface area contributed by atoms with Gasteiger partial charge in [0.15, 0.2) is 0 Å². The third-order valence-corrected chi connectivity index (χ3v) is 3.66. The zero-order valence-electron chi connectivity index (χ0n) is 11.0. The van der Waals surface area contributed by atoms with Crippen LogP contribution in [0.2, 0.25) is 0 Å². The number of nitrogens with one attached hydrogen (secondary N) is 1. The molecule has 2 rings (SSSR count). The lowest BCUT2D eigenvalue weighted by molar-refractivity contribution is -0.158. The van der Waals surface area contributed by atoms with Gasteiger partial charge in [-0.25, -0.2) is 0 Å². The summed E-state index contributed by atoms with van der Waals surface area (Å²) >= 11 is 0. The number of hydrogen-bond donors (Lipinski definition) is 1. The number of carbonyl (C=O) groups is 1. The molecule has 3 nitrogen and oxygen atoms in total. The van der Waals surface area contributed by atoms with E-state index in [2.05, 4.69) is 5.32 Å². The molecule has 1 heterocycles. The molecule has 2 aliphatic rings. The van der Waals surface area contributed by atoms with Crippen molar-refractivity contribution in [3.63, 3.8) is 0 Å². The number of hydrogen-bond acceptors (Lipinski definition) is 3. The van der Waals surface area contributed by atoms with Crippen molar-refractivity contribution in [2.24, 2.45) is 11.8 Å². The van der Waals surface area contributed by atoms with Crippen LogP contribution in [0.5, 0.6) is 0 Å². The van der Waals surface area contributed by atoms with Gasteiger partial charge in [-0.05, 0) is 52.0 Å². The van der Waals surface area contributed by atoms with Crippen LogP contribution in [-0.2, 0) is 9.53 Å². The number of ether oxygens (including phenoxy) is 1. The van der Waals surface area contributed by atoms with Gasteiger partial charge in [-0.15, -0.1) is 12.4 Å². The highest BCUT2D eigenvalue weighted by Crippen LogP contribution is 2.36. The van der Waals surface area contributed by atoms with Gasteiger partial charge in [0.2, 0.25) is 0 Å². The predicted octanol–water partition coefficient (Wildman–Crippen LogP) is 2.53. The maximum absolute atomic E-state index is 12.0. The second-order valence-corrected chi connectivity index (χ2v) is 6.13. The molecule has 0 aromatic rings. The van der Waals surface area contributed by atoms with Gasteiger partial charge in [-0.2, -0.15) is 0 Å². The van der Waals surface area contributed by atoms with E-state index < -0.39 is 0 Å². The quantitative estimate of drug-likeness (QED) is 0.738. The second kappa shape index (κ2) is 5.57. The van der Waals surface area contributed by atoms with Crippen molar-refractivity contribution in [3.8, 4) is 0 Å². The van der Waals surface area contributed by atoms with Crippen LogP contribution < -0.4 is 5.32 Å². The normalized spacial score (nSPS) is 32.5. The van der Waals surface area contributed by atoms with E-state index >= 15 is 0 Å². The molecule has 0 aromatic carbocycles. The van der Waals surface area contributed by atoms with Gasteiger partial charge < -0.3 is 10.1 Å². The zero-order chi connectivity index (χ0) is 11.8. The van der Waals surface area contributed by atoms with Crippen LogP contribution in [0.4, 0.5) is 0 Å². The van der Waals surface area contributed by atoms with Gasteiger partial charge in [0.1, 0.15) is 11.6 Å². The zero-order valence-corrected chi connectivity index (χ0v) is 11.8. The Morgan fingerprint density at radius 1 is 1.24 bits per heavy atom. The minimum atomic E-state index is -0.370. The van der Waals surface area contributed by atoms with E-state index in [1.54, 1.807) is 0 Å². The molecule has 3 atom stereocenters. The van der Waals surface area contributed by atoms with Crippen LogP contribution in [0.15, 0.2) is 0 Å². The maximum Gasteiger partial charge on any atom is 0.323 e. The number of fused-ring (bicyclic) bond motifs is 1. The lowest BCUT2D eigenvalue weighted by atomic mass is 9.78. The summed E-state index contributed by atoms with van der Waals surface area (Å²) in [6, 6.07) is -0.0514. The highest BCUT2D eigenvalue weighted by atomic mass is 35.5. The first-order valence-electron chi connectivity index (χ1n) is 6.43. The largest absolute Gasteiger partial charge is 0.459 e. The lowest BCUT2D eigenvalue weighted by Gasteiger charge is -2.29. The minimum Gasteiger partial charge on any atom is -0.459 e. The van der Waals surface area contributed by atoms with E-state index in [-0.39, 0.29) is 30.0 Å². The molecule has 0 bridgehead atoms. The topological polar surface area (TPSA) is 38.3 Å².